The van der Waals surface area contributed by atoms with E-state index in [1.165, 1.54) is 5.56 Å². The van der Waals surface area contributed by atoms with Crippen molar-refractivity contribution in [3.8, 4) is 5.88 Å². The first kappa shape index (κ1) is 18.1. The van der Waals surface area contributed by atoms with Crippen molar-refractivity contribution >= 4 is 12.0 Å². The first-order chi connectivity index (χ1) is 12.7. The van der Waals surface area contributed by atoms with E-state index in [0.29, 0.717) is 18.4 Å². The van der Waals surface area contributed by atoms with Crippen molar-refractivity contribution in [3.05, 3.63) is 59.8 Å². The number of ether oxygens (including phenoxy) is 1. The molecule has 0 amide bonds. The van der Waals surface area contributed by atoms with Gasteiger partial charge < -0.3 is 9.94 Å². The van der Waals surface area contributed by atoms with Crippen LogP contribution in [-0.4, -0.2) is 46.8 Å². The van der Waals surface area contributed by atoms with Crippen molar-refractivity contribution in [2.75, 3.05) is 19.7 Å². The highest BCUT2D eigenvalue weighted by Gasteiger charge is 2.20. The number of carbonyl (C=O) groups is 1. The van der Waals surface area contributed by atoms with E-state index >= 15 is 0 Å². The molecule has 0 saturated carbocycles. The van der Waals surface area contributed by atoms with E-state index in [0.717, 1.165) is 38.7 Å². The topological polar surface area (TPSA) is 75.0 Å². The van der Waals surface area contributed by atoms with E-state index in [2.05, 4.69) is 39.3 Å². The molecule has 0 aliphatic carbocycles. The number of rotatable bonds is 7. The minimum atomic E-state index is -0.452. The van der Waals surface area contributed by atoms with E-state index in [-0.39, 0.29) is 5.69 Å². The van der Waals surface area contributed by atoms with Crippen LogP contribution in [0, 0.1) is 5.92 Å². The number of likely N-dealkylation sites (tertiary alicyclic amines) is 1. The van der Waals surface area contributed by atoms with Crippen molar-refractivity contribution in [2.24, 2.45) is 11.1 Å². The third-order valence-corrected chi connectivity index (χ3v) is 4.57. The second kappa shape index (κ2) is 9.10. The van der Waals surface area contributed by atoms with Gasteiger partial charge in [-0.1, -0.05) is 41.6 Å². The summed E-state index contributed by atoms with van der Waals surface area (Å²) in [5, 5.41) is 11.2. The smallest absolute Gasteiger partial charge is 0.225 e. The molecule has 0 radical (unpaired) electrons. The zero-order chi connectivity index (χ0) is 18.2. The van der Waals surface area contributed by atoms with Gasteiger partial charge in [0.25, 0.3) is 0 Å². The zero-order valence-electron chi connectivity index (χ0n) is 14.6. The van der Waals surface area contributed by atoms with Gasteiger partial charge in [-0.15, -0.1) is 0 Å². The van der Waals surface area contributed by atoms with Crippen LogP contribution in [0.15, 0.2) is 53.7 Å². The highest BCUT2D eigenvalue weighted by atomic mass is 16.5. The number of benzene rings is 1. The third kappa shape index (κ3) is 5.13. The van der Waals surface area contributed by atoms with Crippen molar-refractivity contribution in [3.63, 3.8) is 0 Å². The summed E-state index contributed by atoms with van der Waals surface area (Å²) >= 11 is 0. The molecule has 3 rings (SSSR count). The molecule has 0 spiro atoms. The Bertz CT molecular complexity index is 741. The molecule has 1 aliphatic heterocycles. The van der Waals surface area contributed by atoms with Crippen molar-refractivity contribution in [2.45, 2.75) is 19.4 Å². The van der Waals surface area contributed by atoms with Gasteiger partial charge in [-0.2, -0.15) is 0 Å². The van der Waals surface area contributed by atoms with Gasteiger partial charge in [-0.05, 0) is 43.5 Å². The summed E-state index contributed by atoms with van der Waals surface area (Å²) in [6.45, 7) is 3.70. The molecular formula is C20H23N3O3. The Morgan fingerprint density at radius 3 is 2.69 bits per heavy atom. The number of oxime groups is 1. The molecule has 0 unspecified atom stereocenters. The van der Waals surface area contributed by atoms with Crippen LogP contribution in [0.25, 0.3) is 0 Å². The largest absolute Gasteiger partial charge is 0.477 e. The molecular weight excluding hydrogens is 330 g/mol. The van der Waals surface area contributed by atoms with Crippen molar-refractivity contribution in [1.82, 2.24) is 9.88 Å². The van der Waals surface area contributed by atoms with E-state index in [1.54, 1.807) is 18.2 Å². The average Bonchev–Trinajstić information content (AvgIpc) is 2.69. The van der Waals surface area contributed by atoms with E-state index in [1.807, 2.05) is 6.07 Å². The summed E-state index contributed by atoms with van der Waals surface area (Å²) in [6.07, 6.45) is 3.00. The summed E-state index contributed by atoms with van der Waals surface area (Å²) in [4.78, 5) is 18.3. The Hall–Kier alpha value is -2.73. The lowest BCUT2D eigenvalue weighted by atomic mass is 9.97. The molecule has 136 valence electrons. The molecule has 1 N–H and O–H groups in total. The lowest BCUT2D eigenvalue weighted by Crippen LogP contribution is -2.35. The van der Waals surface area contributed by atoms with Gasteiger partial charge in [0.05, 0.1) is 6.61 Å². The maximum Gasteiger partial charge on any atom is 0.225 e. The number of piperidine rings is 1. The van der Waals surface area contributed by atoms with Gasteiger partial charge in [0.2, 0.25) is 11.7 Å². The maximum absolute atomic E-state index is 11.7. The summed E-state index contributed by atoms with van der Waals surface area (Å²) in [5.41, 5.74) is 1.55. The molecule has 6 nitrogen and oxygen atoms in total. The Morgan fingerprint density at radius 2 is 1.96 bits per heavy atom. The zero-order valence-corrected chi connectivity index (χ0v) is 14.6. The van der Waals surface area contributed by atoms with Crippen LogP contribution >= 0.6 is 0 Å². The van der Waals surface area contributed by atoms with Gasteiger partial charge in [-0.3, -0.25) is 9.69 Å². The SMILES string of the molecule is O=C(C=NO)c1cccc(OCC2CCN(Cc3ccccc3)CC2)n1. The van der Waals surface area contributed by atoms with Crippen LogP contribution in [0.5, 0.6) is 5.88 Å². The number of aromatic nitrogens is 1. The van der Waals surface area contributed by atoms with Gasteiger partial charge in [0, 0.05) is 12.6 Å². The first-order valence-electron chi connectivity index (χ1n) is 8.82. The number of carbonyl (C=O) groups excluding carboxylic acids is 1. The fraction of sp³-hybridized carbons (Fsp3) is 0.350. The second-order valence-corrected chi connectivity index (χ2v) is 6.49. The lowest BCUT2D eigenvalue weighted by molar-refractivity contribution is 0.106. The summed E-state index contributed by atoms with van der Waals surface area (Å²) in [7, 11) is 0. The number of pyridine rings is 1. The van der Waals surface area contributed by atoms with Crippen molar-refractivity contribution in [1.29, 1.82) is 0 Å². The highest BCUT2D eigenvalue weighted by Crippen LogP contribution is 2.20. The second-order valence-electron chi connectivity index (χ2n) is 6.49. The fourth-order valence-corrected chi connectivity index (χ4v) is 3.11. The molecule has 1 aromatic carbocycles. The highest BCUT2D eigenvalue weighted by molar-refractivity contribution is 6.34. The monoisotopic (exact) mass is 353 g/mol. The van der Waals surface area contributed by atoms with Crippen LogP contribution in [0.4, 0.5) is 0 Å². The number of hydrogen-bond donors (Lipinski definition) is 1. The van der Waals surface area contributed by atoms with Crippen LogP contribution in [0.1, 0.15) is 28.9 Å². The fourth-order valence-electron chi connectivity index (χ4n) is 3.11. The quantitative estimate of drug-likeness (QED) is 0.358. The van der Waals surface area contributed by atoms with Gasteiger partial charge in [0.15, 0.2) is 0 Å². The molecule has 1 aliphatic rings. The third-order valence-electron chi connectivity index (χ3n) is 4.57. The minimum absolute atomic E-state index is 0.206. The predicted molar refractivity (Wildman–Crippen MR) is 98.8 cm³/mol. The number of ketones is 1. The minimum Gasteiger partial charge on any atom is -0.477 e. The Kier molecular flexibility index (Phi) is 6.33. The Labute approximate surface area is 153 Å². The summed E-state index contributed by atoms with van der Waals surface area (Å²) in [6, 6.07) is 15.5. The molecule has 6 heteroatoms. The molecule has 0 bridgehead atoms. The standard InChI is InChI=1S/C20H23N3O3/c24-19(13-21-25)18-7-4-8-20(22-18)26-15-17-9-11-23(12-10-17)14-16-5-2-1-3-6-16/h1-8,13,17,25H,9-12,14-15H2. The van der Waals surface area contributed by atoms with Gasteiger partial charge in [0.1, 0.15) is 11.9 Å². The molecule has 0 atom stereocenters. The average molecular weight is 353 g/mol. The van der Waals surface area contributed by atoms with E-state index < -0.39 is 5.78 Å². The van der Waals surface area contributed by atoms with E-state index in [4.69, 9.17) is 9.94 Å². The normalized spacial score (nSPS) is 16.0. The lowest BCUT2D eigenvalue weighted by Gasteiger charge is -2.31. The predicted octanol–water partition coefficient (Wildman–Crippen LogP) is 3.02. The van der Waals surface area contributed by atoms with E-state index in [9.17, 15) is 4.79 Å². The molecule has 26 heavy (non-hydrogen) atoms. The molecule has 1 fully saturated rings. The number of Topliss-reactive ketones (excluding diaryl/α,β-unsaturated/α-hetero) is 1. The number of hydrogen-bond acceptors (Lipinski definition) is 6. The van der Waals surface area contributed by atoms with Crippen LogP contribution in [0.2, 0.25) is 0 Å². The van der Waals surface area contributed by atoms with Crippen molar-refractivity contribution < 1.29 is 14.7 Å². The van der Waals surface area contributed by atoms with Gasteiger partial charge >= 0.3 is 0 Å². The Balaban J connectivity index is 1.45. The summed E-state index contributed by atoms with van der Waals surface area (Å²) in [5.74, 6) is 0.461. The van der Waals surface area contributed by atoms with Gasteiger partial charge in [-0.25, -0.2) is 4.98 Å². The Morgan fingerprint density at radius 1 is 1.19 bits per heavy atom. The van der Waals surface area contributed by atoms with Crippen LogP contribution in [0.3, 0.4) is 0 Å². The number of nitrogens with zero attached hydrogens (tertiary/aromatic N) is 3. The van der Waals surface area contributed by atoms with Crippen LogP contribution < -0.4 is 4.74 Å². The summed E-state index contributed by atoms with van der Waals surface area (Å²) < 4.78 is 5.78. The molecule has 1 saturated heterocycles. The first-order valence-corrected chi connectivity index (χ1v) is 8.82. The molecule has 1 aromatic heterocycles. The molecule has 2 heterocycles. The van der Waals surface area contributed by atoms with Crippen LogP contribution in [-0.2, 0) is 6.54 Å². The maximum atomic E-state index is 11.7. The molecule has 2 aromatic rings.